The molecule has 1 N–H and O–H groups in total. The third kappa shape index (κ3) is 3.23. The van der Waals surface area contributed by atoms with Crippen molar-refractivity contribution in [1.29, 1.82) is 0 Å². The number of rotatable bonds is 2. The summed E-state index contributed by atoms with van der Waals surface area (Å²) in [5.74, 6) is -1.13. The van der Waals surface area contributed by atoms with E-state index in [0.29, 0.717) is 17.2 Å². The second kappa shape index (κ2) is 6.11. The summed E-state index contributed by atoms with van der Waals surface area (Å²) in [6.45, 7) is 1.52. The number of aryl methyl sites for hydroxylation is 1. The van der Waals surface area contributed by atoms with E-state index in [0.717, 1.165) is 4.52 Å². The number of fused-ring (bicyclic) bond motifs is 2. The van der Waals surface area contributed by atoms with Crippen molar-refractivity contribution in [3.05, 3.63) is 41.9 Å². The minimum absolute atomic E-state index is 0.00672. The van der Waals surface area contributed by atoms with Crippen molar-refractivity contribution >= 4 is 17.5 Å². The Morgan fingerprint density at radius 3 is 2.74 bits per heavy atom. The van der Waals surface area contributed by atoms with Crippen molar-refractivity contribution in [2.75, 3.05) is 11.9 Å². The molecular formula is C16H12F3N5O3. The van der Waals surface area contributed by atoms with E-state index in [1.807, 2.05) is 0 Å². The van der Waals surface area contributed by atoms with Crippen molar-refractivity contribution in [3.8, 4) is 11.5 Å². The molecule has 3 aromatic rings. The van der Waals surface area contributed by atoms with Gasteiger partial charge in [-0.25, -0.2) is 4.52 Å². The van der Waals surface area contributed by atoms with Crippen LogP contribution in [0.4, 0.5) is 19.0 Å². The first kappa shape index (κ1) is 17.1. The van der Waals surface area contributed by atoms with Crippen molar-refractivity contribution in [3.63, 3.8) is 0 Å². The lowest BCUT2D eigenvalue weighted by Gasteiger charge is -2.25. The third-order valence-corrected chi connectivity index (χ3v) is 3.80. The van der Waals surface area contributed by atoms with Crippen molar-refractivity contribution < 1.29 is 27.4 Å². The van der Waals surface area contributed by atoms with Gasteiger partial charge in [0.05, 0.1) is 0 Å². The number of alkyl halides is 3. The lowest BCUT2D eigenvalue weighted by atomic mass is 10.2. The van der Waals surface area contributed by atoms with Gasteiger partial charge >= 0.3 is 6.18 Å². The number of ether oxygens (including phenoxy) is 2. The highest BCUT2D eigenvalue weighted by Crippen LogP contribution is 2.31. The second-order valence-corrected chi connectivity index (χ2v) is 5.78. The summed E-state index contributed by atoms with van der Waals surface area (Å²) < 4.78 is 50.3. The molecule has 4 rings (SSSR count). The zero-order valence-corrected chi connectivity index (χ0v) is 13.8. The normalized spacial score (nSPS) is 16.4. The molecule has 1 amide bonds. The Morgan fingerprint density at radius 1 is 1.26 bits per heavy atom. The number of anilines is 1. The fourth-order valence-corrected chi connectivity index (χ4v) is 2.55. The number of hydrogen-bond donors (Lipinski definition) is 1. The zero-order chi connectivity index (χ0) is 19.2. The van der Waals surface area contributed by atoms with Crippen LogP contribution in [0.3, 0.4) is 0 Å². The highest BCUT2D eigenvalue weighted by molar-refractivity contribution is 5.94. The maximum absolute atomic E-state index is 12.8. The highest BCUT2D eigenvalue weighted by Gasteiger charge is 2.37. The number of nitrogens with zero attached hydrogens (tertiary/aromatic N) is 4. The van der Waals surface area contributed by atoms with Gasteiger partial charge in [0.15, 0.2) is 11.5 Å². The summed E-state index contributed by atoms with van der Waals surface area (Å²) in [6.07, 6.45) is -5.62. The Balaban J connectivity index is 1.56. The molecule has 0 radical (unpaired) electrons. The Morgan fingerprint density at radius 2 is 2.00 bits per heavy atom. The number of carbonyl (C=O) groups excluding carboxylic acids is 1. The van der Waals surface area contributed by atoms with Gasteiger partial charge in [-0.15, -0.1) is 5.10 Å². The lowest BCUT2D eigenvalue weighted by molar-refractivity contribution is -0.144. The number of para-hydroxylation sites is 2. The molecule has 8 nitrogen and oxygen atoms in total. The Kier molecular flexibility index (Phi) is 3.86. The van der Waals surface area contributed by atoms with E-state index >= 15 is 0 Å². The topological polar surface area (TPSA) is 90.6 Å². The molecule has 11 heteroatoms. The lowest BCUT2D eigenvalue weighted by Crippen LogP contribution is -2.40. The summed E-state index contributed by atoms with van der Waals surface area (Å²) in [7, 11) is 0. The van der Waals surface area contributed by atoms with Crippen molar-refractivity contribution in [2.45, 2.75) is 19.2 Å². The van der Waals surface area contributed by atoms with E-state index in [-0.39, 0.29) is 18.2 Å². The molecule has 0 saturated carbocycles. The van der Waals surface area contributed by atoms with E-state index in [2.05, 4.69) is 20.4 Å². The molecule has 0 saturated heterocycles. The molecule has 0 bridgehead atoms. The van der Waals surface area contributed by atoms with Crippen LogP contribution in [0.25, 0.3) is 5.78 Å². The van der Waals surface area contributed by atoms with Crippen LogP contribution in [0.2, 0.25) is 0 Å². The van der Waals surface area contributed by atoms with Crippen LogP contribution in [0.15, 0.2) is 30.3 Å². The van der Waals surface area contributed by atoms with Crippen LogP contribution in [0.5, 0.6) is 11.5 Å². The first-order chi connectivity index (χ1) is 12.8. The molecule has 1 aromatic carbocycles. The van der Waals surface area contributed by atoms with Gasteiger partial charge in [0.1, 0.15) is 12.4 Å². The molecule has 140 valence electrons. The van der Waals surface area contributed by atoms with E-state index in [4.69, 9.17) is 9.47 Å². The molecule has 1 aliphatic heterocycles. The average Bonchev–Trinajstić information content (AvgIpc) is 3.06. The minimum atomic E-state index is -4.69. The summed E-state index contributed by atoms with van der Waals surface area (Å²) in [5, 5.41) is 5.89. The zero-order valence-electron chi connectivity index (χ0n) is 13.8. The fraction of sp³-hybridized carbons (Fsp3) is 0.250. The first-order valence-corrected chi connectivity index (χ1v) is 7.82. The van der Waals surface area contributed by atoms with E-state index in [1.165, 1.54) is 13.0 Å². The quantitative estimate of drug-likeness (QED) is 0.734. The molecule has 1 atom stereocenters. The fourth-order valence-electron chi connectivity index (χ4n) is 2.55. The number of aromatic nitrogens is 4. The first-order valence-electron chi connectivity index (χ1n) is 7.82. The summed E-state index contributed by atoms with van der Waals surface area (Å²) in [4.78, 5) is 19.7. The second-order valence-electron chi connectivity index (χ2n) is 5.78. The number of amides is 1. The maximum atomic E-state index is 12.8. The van der Waals surface area contributed by atoms with Gasteiger partial charge in [0.2, 0.25) is 6.10 Å². The predicted octanol–water partition coefficient (Wildman–Crippen LogP) is 2.23. The van der Waals surface area contributed by atoms with Crippen LogP contribution in [-0.4, -0.2) is 38.2 Å². The molecule has 1 unspecified atom stereocenters. The van der Waals surface area contributed by atoms with Gasteiger partial charge in [0.25, 0.3) is 17.5 Å². The minimum Gasteiger partial charge on any atom is -0.485 e. The van der Waals surface area contributed by atoms with Crippen LogP contribution >= 0.6 is 0 Å². The third-order valence-electron chi connectivity index (χ3n) is 3.80. The van der Waals surface area contributed by atoms with Gasteiger partial charge in [-0.05, 0) is 19.1 Å². The largest absolute Gasteiger partial charge is 0.485 e. The number of hydrogen-bond acceptors (Lipinski definition) is 6. The van der Waals surface area contributed by atoms with Crippen LogP contribution in [0.1, 0.15) is 11.5 Å². The number of benzene rings is 1. The average molecular weight is 379 g/mol. The van der Waals surface area contributed by atoms with E-state index in [1.54, 1.807) is 24.3 Å². The summed E-state index contributed by atoms with van der Waals surface area (Å²) in [5.41, 5.74) is 0.324. The molecular weight excluding hydrogens is 367 g/mol. The van der Waals surface area contributed by atoms with Crippen molar-refractivity contribution in [1.82, 2.24) is 19.6 Å². The van der Waals surface area contributed by atoms with Gasteiger partial charge < -0.3 is 14.8 Å². The van der Waals surface area contributed by atoms with Crippen LogP contribution in [0, 0.1) is 6.92 Å². The standard InChI is InChI=1S/C16H12F3N5O3/c1-8-6-12(21-15-22-14(16(17,18)19)23-24(8)15)20-13(25)11-7-26-9-4-2-3-5-10(9)27-11/h2-6,11H,7H2,1H3,(H,20,21,22,23,25). The van der Waals surface area contributed by atoms with Gasteiger partial charge in [-0.1, -0.05) is 12.1 Å². The molecule has 2 aromatic heterocycles. The smallest absolute Gasteiger partial charge is 0.453 e. The van der Waals surface area contributed by atoms with E-state index < -0.39 is 24.0 Å². The van der Waals surface area contributed by atoms with Gasteiger partial charge in [-0.2, -0.15) is 23.1 Å². The Labute approximate surface area is 149 Å². The maximum Gasteiger partial charge on any atom is 0.453 e. The number of halogens is 3. The van der Waals surface area contributed by atoms with Crippen molar-refractivity contribution in [2.24, 2.45) is 0 Å². The molecule has 27 heavy (non-hydrogen) atoms. The van der Waals surface area contributed by atoms with Gasteiger partial charge in [-0.3, -0.25) is 4.79 Å². The highest BCUT2D eigenvalue weighted by atomic mass is 19.4. The predicted molar refractivity (Wildman–Crippen MR) is 85.5 cm³/mol. The SMILES string of the molecule is Cc1cc(NC(=O)C2COc3ccccc3O2)nc2nc(C(F)(F)F)nn12. The van der Waals surface area contributed by atoms with Crippen LogP contribution < -0.4 is 14.8 Å². The number of carbonyl (C=O) groups is 1. The van der Waals surface area contributed by atoms with Gasteiger partial charge in [0, 0.05) is 11.8 Å². The molecule has 0 aliphatic carbocycles. The Hall–Kier alpha value is -3.37. The monoisotopic (exact) mass is 379 g/mol. The molecule has 3 heterocycles. The molecule has 0 fully saturated rings. The molecule has 0 spiro atoms. The Bertz CT molecular complexity index is 1030. The van der Waals surface area contributed by atoms with E-state index in [9.17, 15) is 18.0 Å². The summed E-state index contributed by atoms with van der Waals surface area (Å²) in [6, 6.07) is 8.28. The van der Waals surface area contributed by atoms with Crippen LogP contribution in [-0.2, 0) is 11.0 Å². The molecule has 1 aliphatic rings. The number of nitrogens with one attached hydrogen (secondary N) is 1. The summed E-state index contributed by atoms with van der Waals surface area (Å²) >= 11 is 0.